The number of carbonyl (C=O) groups excluding carboxylic acids is 1. The second-order valence-electron chi connectivity index (χ2n) is 4.33. The Morgan fingerprint density at radius 2 is 2.05 bits per heavy atom. The minimum atomic E-state index is -1.06. The first kappa shape index (κ1) is 12.1. The zero-order chi connectivity index (χ0) is 13.6. The molecule has 3 aromatic rings. The predicted molar refractivity (Wildman–Crippen MR) is 75.8 cm³/mol. The van der Waals surface area contributed by atoms with Crippen molar-refractivity contribution in [2.24, 2.45) is 5.73 Å². The summed E-state index contributed by atoms with van der Waals surface area (Å²) in [6, 6.07) is 11.0. The molecule has 1 atom stereocenters. The van der Waals surface area contributed by atoms with Gasteiger partial charge in [-0.1, -0.05) is 6.07 Å². The van der Waals surface area contributed by atoms with Crippen LogP contribution in [0.3, 0.4) is 0 Å². The molecule has 0 spiro atoms. The van der Waals surface area contributed by atoms with E-state index in [2.05, 4.69) is 0 Å². The third-order valence-electron chi connectivity index (χ3n) is 3.19. The van der Waals surface area contributed by atoms with Crippen LogP contribution in [0.5, 0.6) is 0 Å². The largest absolute Gasteiger partial charge is 0.612 e. The molecule has 96 valence electrons. The van der Waals surface area contributed by atoms with Gasteiger partial charge in [0.1, 0.15) is 6.26 Å². The summed E-state index contributed by atoms with van der Waals surface area (Å²) in [6.45, 7) is 0. The van der Waals surface area contributed by atoms with E-state index in [1.54, 1.807) is 18.4 Å². The summed E-state index contributed by atoms with van der Waals surface area (Å²) in [5.41, 5.74) is 7.59. The number of primary amides is 1. The van der Waals surface area contributed by atoms with Crippen molar-refractivity contribution in [2.75, 3.05) is 6.26 Å². The average molecular weight is 272 g/mol. The average Bonchev–Trinajstić information content (AvgIpc) is 2.72. The zero-order valence-electron chi connectivity index (χ0n) is 10.3. The van der Waals surface area contributed by atoms with Crippen molar-refractivity contribution in [3.8, 4) is 0 Å². The molecule has 3 rings (SSSR count). The van der Waals surface area contributed by atoms with Crippen LogP contribution in [0.15, 0.2) is 47.5 Å². The summed E-state index contributed by atoms with van der Waals surface area (Å²) in [7, 11) is 0. The van der Waals surface area contributed by atoms with Crippen LogP contribution in [0.25, 0.3) is 16.4 Å². The highest BCUT2D eigenvalue weighted by Gasteiger charge is 2.17. The Bertz CT molecular complexity index is 793. The van der Waals surface area contributed by atoms with Crippen LogP contribution in [-0.4, -0.2) is 21.1 Å². The van der Waals surface area contributed by atoms with Crippen LogP contribution in [-0.2, 0) is 11.2 Å². The Morgan fingerprint density at radius 1 is 1.26 bits per heavy atom. The lowest BCUT2D eigenvalue weighted by molar-refractivity contribution is 0.100. The third kappa shape index (κ3) is 1.78. The van der Waals surface area contributed by atoms with Crippen molar-refractivity contribution in [1.29, 1.82) is 0 Å². The summed E-state index contributed by atoms with van der Waals surface area (Å²) in [6.07, 6.45) is 3.50. The van der Waals surface area contributed by atoms with Gasteiger partial charge in [-0.3, -0.25) is 4.79 Å². The fraction of sp³-hybridized carbons (Fsp3) is 0.0714. The maximum Gasteiger partial charge on any atom is 0.251 e. The number of hydrogen-bond acceptors (Lipinski definition) is 2. The lowest BCUT2D eigenvalue weighted by Gasteiger charge is -2.04. The number of aromatic nitrogens is 1. The Hall–Kier alpha value is -1.98. The number of nitrogens with zero attached hydrogens (tertiary/aromatic N) is 1. The van der Waals surface area contributed by atoms with Gasteiger partial charge in [0.05, 0.1) is 16.6 Å². The van der Waals surface area contributed by atoms with Crippen LogP contribution >= 0.6 is 0 Å². The fourth-order valence-electron chi connectivity index (χ4n) is 2.35. The Kier molecular flexibility index (Phi) is 2.73. The van der Waals surface area contributed by atoms with Gasteiger partial charge in [0.25, 0.3) is 5.91 Å². The van der Waals surface area contributed by atoms with E-state index in [-0.39, 0.29) is 0 Å². The highest BCUT2D eigenvalue weighted by atomic mass is 32.2. The first-order valence-electron chi connectivity index (χ1n) is 5.75. The van der Waals surface area contributed by atoms with Crippen molar-refractivity contribution >= 4 is 33.5 Å². The molecule has 0 aliphatic heterocycles. The first-order chi connectivity index (χ1) is 9.09. The molecule has 2 aromatic heterocycles. The lowest BCUT2D eigenvalue weighted by Crippen LogP contribution is -2.10. The molecule has 0 aliphatic carbocycles. The molecule has 1 unspecified atom stereocenters. The topological polar surface area (TPSA) is 70.6 Å². The molecule has 5 heteroatoms. The number of hydrogen-bond donors (Lipinski definition) is 1. The van der Waals surface area contributed by atoms with Crippen LogP contribution in [0.4, 0.5) is 0 Å². The molecule has 2 N–H and O–H groups in total. The van der Waals surface area contributed by atoms with E-state index in [0.717, 1.165) is 21.3 Å². The van der Waals surface area contributed by atoms with E-state index >= 15 is 0 Å². The van der Waals surface area contributed by atoms with Gasteiger partial charge >= 0.3 is 0 Å². The highest BCUT2D eigenvalue weighted by Crippen LogP contribution is 2.28. The summed E-state index contributed by atoms with van der Waals surface area (Å²) >= 11 is -1.06. The van der Waals surface area contributed by atoms with Gasteiger partial charge in [0.15, 0.2) is 4.90 Å². The van der Waals surface area contributed by atoms with Gasteiger partial charge in [-0.2, -0.15) is 0 Å². The molecule has 2 heterocycles. The molecule has 1 amide bonds. The second-order valence-corrected chi connectivity index (χ2v) is 5.71. The molecular weight excluding hydrogens is 260 g/mol. The van der Waals surface area contributed by atoms with Crippen LogP contribution < -0.4 is 5.73 Å². The standard InChI is InChI=1S/C14H12N2O2S/c1-19(18)9-5-6-10-12(8-9)16-7-3-2-4-11(16)13(10)14(15)17/h2-8H,1H3,(H2,15,17). The van der Waals surface area contributed by atoms with Crippen molar-refractivity contribution in [2.45, 2.75) is 4.90 Å². The molecule has 0 saturated heterocycles. The minimum Gasteiger partial charge on any atom is -0.612 e. The smallest absolute Gasteiger partial charge is 0.251 e. The van der Waals surface area contributed by atoms with Crippen molar-refractivity contribution < 1.29 is 9.35 Å². The lowest BCUT2D eigenvalue weighted by atomic mass is 10.1. The molecule has 4 nitrogen and oxygen atoms in total. The number of amides is 1. The number of benzene rings is 1. The summed E-state index contributed by atoms with van der Waals surface area (Å²) in [5, 5.41) is 0.785. The van der Waals surface area contributed by atoms with Gasteiger partial charge in [0.2, 0.25) is 0 Å². The van der Waals surface area contributed by atoms with Crippen LogP contribution in [0, 0.1) is 0 Å². The molecule has 1 aromatic carbocycles. The van der Waals surface area contributed by atoms with Crippen molar-refractivity contribution in [3.63, 3.8) is 0 Å². The van der Waals surface area contributed by atoms with E-state index in [1.165, 1.54) is 0 Å². The Labute approximate surface area is 113 Å². The maximum absolute atomic E-state index is 11.7. The maximum atomic E-state index is 11.7. The van der Waals surface area contributed by atoms with E-state index in [9.17, 15) is 9.35 Å². The van der Waals surface area contributed by atoms with Gasteiger partial charge < -0.3 is 14.7 Å². The predicted octanol–water partition coefficient (Wildman–Crippen LogP) is 1.93. The van der Waals surface area contributed by atoms with Crippen LogP contribution in [0.1, 0.15) is 10.4 Å². The summed E-state index contributed by atoms with van der Waals surface area (Å²) in [5.74, 6) is -0.455. The Balaban J connectivity index is 2.49. The molecule has 0 saturated carbocycles. The quantitative estimate of drug-likeness (QED) is 0.724. The zero-order valence-corrected chi connectivity index (χ0v) is 11.1. The summed E-state index contributed by atoms with van der Waals surface area (Å²) in [4.78, 5) is 12.4. The van der Waals surface area contributed by atoms with Gasteiger partial charge in [-0.25, -0.2) is 0 Å². The number of carbonyl (C=O) groups is 1. The highest BCUT2D eigenvalue weighted by molar-refractivity contribution is 7.90. The van der Waals surface area contributed by atoms with Gasteiger partial charge in [-0.15, -0.1) is 0 Å². The normalized spacial score (nSPS) is 12.9. The third-order valence-corrected chi connectivity index (χ3v) is 4.11. The first-order valence-corrected chi connectivity index (χ1v) is 7.31. The van der Waals surface area contributed by atoms with E-state index in [4.69, 9.17) is 5.73 Å². The van der Waals surface area contributed by atoms with Crippen LogP contribution in [0.2, 0.25) is 0 Å². The van der Waals surface area contributed by atoms with Gasteiger partial charge in [0, 0.05) is 17.6 Å². The van der Waals surface area contributed by atoms with Crippen molar-refractivity contribution in [3.05, 3.63) is 48.2 Å². The Morgan fingerprint density at radius 3 is 2.74 bits per heavy atom. The molecule has 0 fully saturated rings. The fourth-order valence-corrected chi connectivity index (χ4v) is 2.89. The molecule has 0 aliphatic rings. The van der Waals surface area contributed by atoms with Gasteiger partial charge in [-0.05, 0) is 35.4 Å². The summed E-state index contributed by atoms with van der Waals surface area (Å²) < 4.78 is 13.5. The van der Waals surface area contributed by atoms with E-state index in [0.29, 0.717) is 5.56 Å². The number of nitrogens with two attached hydrogens (primary N) is 1. The number of rotatable bonds is 2. The molecule has 0 radical (unpaired) electrons. The minimum absolute atomic E-state index is 0.455. The van der Waals surface area contributed by atoms with E-state index < -0.39 is 17.1 Å². The monoisotopic (exact) mass is 272 g/mol. The molecular formula is C14H12N2O2S. The number of pyridine rings is 1. The molecule has 19 heavy (non-hydrogen) atoms. The number of fused-ring (bicyclic) bond motifs is 3. The molecule has 0 bridgehead atoms. The SMILES string of the molecule is C[S+]([O-])c1ccc2c(C(N)=O)c3ccccn3c2c1. The van der Waals surface area contributed by atoms with E-state index in [1.807, 2.05) is 34.9 Å². The second kappa shape index (κ2) is 4.29. The van der Waals surface area contributed by atoms with Crippen molar-refractivity contribution in [1.82, 2.24) is 4.40 Å².